The van der Waals surface area contributed by atoms with Crippen LogP contribution in [0.1, 0.15) is 17.3 Å². The molecule has 18 heavy (non-hydrogen) atoms. The molecule has 7 heteroatoms. The van der Waals surface area contributed by atoms with Gasteiger partial charge in [-0.3, -0.25) is 4.90 Å². The predicted molar refractivity (Wildman–Crippen MR) is 67.2 cm³/mol. The highest BCUT2D eigenvalue weighted by Crippen LogP contribution is 2.39. The molecule has 1 aromatic heterocycles. The summed E-state index contributed by atoms with van der Waals surface area (Å²) in [5, 5.41) is 5.32. The van der Waals surface area contributed by atoms with Crippen LogP contribution in [0.25, 0.3) is 0 Å². The third-order valence-corrected chi connectivity index (χ3v) is 4.42. The zero-order valence-corrected chi connectivity index (χ0v) is 11.2. The highest BCUT2D eigenvalue weighted by Gasteiger charge is 2.37. The number of nitrogens with zero attached hydrogens (tertiary/aromatic N) is 1. The molecule has 0 radical (unpaired) electrons. The molecule has 0 spiro atoms. The lowest BCUT2D eigenvalue weighted by molar-refractivity contribution is -0.148. The molecule has 1 fully saturated rings. The first-order chi connectivity index (χ1) is 8.47. The third kappa shape index (κ3) is 3.60. The van der Waals surface area contributed by atoms with Gasteiger partial charge in [0.1, 0.15) is 0 Å². The summed E-state index contributed by atoms with van der Waals surface area (Å²) >= 11 is 7.28. The van der Waals surface area contributed by atoms with Crippen molar-refractivity contribution in [3.63, 3.8) is 0 Å². The average molecular weight is 299 g/mol. The predicted octanol–water partition coefficient (Wildman–Crippen LogP) is 3.30. The molecule has 1 aromatic rings. The Labute approximate surface area is 113 Å². The second-order valence-corrected chi connectivity index (χ2v) is 5.61. The summed E-state index contributed by atoms with van der Waals surface area (Å²) in [5.41, 5.74) is 0. The Morgan fingerprint density at radius 3 is 2.56 bits per heavy atom. The maximum atomic E-state index is 12.7. The van der Waals surface area contributed by atoms with Crippen molar-refractivity contribution in [2.75, 3.05) is 26.2 Å². The van der Waals surface area contributed by atoms with Crippen LogP contribution in [0, 0.1) is 0 Å². The van der Waals surface area contributed by atoms with E-state index in [2.05, 4.69) is 5.32 Å². The maximum absolute atomic E-state index is 12.7. The van der Waals surface area contributed by atoms with Gasteiger partial charge >= 0.3 is 6.18 Å². The number of piperazine rings is 1. The second-order valence-electron chi connectivity index (χ2n) is 4.25. The van der Waals surface area contributed by atoms with E-state index < -0.39 is 18.6 Å². The monoisotopic (exact) mass is 298 g/mol. The van der Waals surface area contributed by atoms with Crippen molar-refractivity contribution in [1.82, 2.24) is 10.2 Å². The SMILES string of the molecule is FC(F)(F)C[C@H](c1sccc1Cl)N1CCNCC1. The summed E-state index contributed by atoms with van der Waals surface area (Å²) in [6, 6.07) is 1.01. The fourth-order valence-electron chi connectivity index (χ4n) is 2.14. The minimum absolute atomic E-state index is 0.438. The summed E-state index contributed by atoms with van der Waals surface area (Å²) in [6.07, 6.45) is -5.02. The zero-order valence-electron chi connectivity index (χ0n) is 9.63. The summed E-state index contributed by atoms with van der Waals surface area (Å²) in [6.45, 7) is 2.68. The van der Waals surface area contributed by atoms with E-state index in [1.165, 1.54) is 11.3 Å². The van der Waals surface area contributed by atoms with Gasteiger partial charge in [0.15, 0.2) is 0 Å². The molecule has 2 heterocycles. The first-order valence-electron chi connectivity index (χ1n) is 5.72. The molecule has 2 rings (SSSR count). The average Bonchev–Trinajstić information content (AvgIpc) is 2.72. The Morgan fingerprint density at radius 2 is 2.06 bits per heavy atom. The van der Waals surface area contributed by atoms with Crippen LogP contribution < -0.4 is 5.32 Å². The Hall–Kier alpha value is -0.300. The van der Waals surface area contributed by atoms with Gasteiger partial charge in [-0.05, 0) is 11.4 Å². The van der Waals surface area contributed by atoms with E-state index in [0.29, 0.717) is 23.0 Å². The molecule has 102 valence electrons. The fourth-order valence-corrected chi connectivity index (χ4v) is 3.46. The van der Waals surface area contributed by atoms with Crippen LogP contribution in [-0.2, 0) is 0 Å². The number of hydrogen-bond donors (Lipinski definition) is 1. The van der Waals surface area contributed by atoms with Gasteiger partial charge in [0.25, 0.3) is 0 Å². The molecular weight excluding hydrogens is 285 g/mol. The molecule has 2 nitrogen and oxygen atoms in total. The highest BCUT2D eigenvalue weighted by atomic mass is 35.5. The molecule has 1 aliphatic rings. The van der Waals surface area contributed by atoms with Gasteiger partial charge in [-0.1, -0.05) is 11.6 Å². The number of rotatable bonds is 3. The highest BCUT2D eigenvalue weighted by molar-refractivity contribution is 7.10. The third-order valence-electron chi connectivity index (χ3n) is 2.96. The van der Waals surface area contributed by atoms with Crippen LogP contribution in [0.15, 0.2) is 11.4 Å². The van der Waals surface area contributed by atoms with Crippen molar-refractivity contribution in [3.8, 4) is 0 Å². The van der Waals surface area contributed by atoms with Gasteiger partial charge in [0.05, 0.1) is 17.5 Å². The Bertz CT molecular complexity index is 388. The van der Waals surface area contributed by atoms with Crippen molar-refractivity contribution >= 4 is 22.9 Å². The molecule has 1 aliphatic heterocycles. The molecule has 0 amide bonds. The molecular formula is C11H14ClF3N2S. The standard InChI is InChI=1S/C11H14ClF3N2S/c12-8-1-6-18-10(8)9(7-11(13,14)15)17-4-2-16-3-5-17/h1,6,9,16H,2-5,7H2/t9-/m1/s1. The van der Waals surface area contributed by atoms with Crippen molar-refractivity contribution in [2.24, 2.45) is 0 Å². The quantitative estimate of drug-likeness (QED) is 0.921. The summed E-state index contributed by atoms with van der Waals surface area (Å²) in [5.74, 6) is 0. The summed E-state index contributed by atoms with van der Waals surface area (Å²) < 4.78 is 38.1. The number of hydrogen-bond acceptors (Lipinski definition) is 3. The topological polar surface area (TPSA) is 15.3 Å². The first kappa shape index (κ1) is 14.1. The maximum Gasteiger partial charge on any atom is 0.390 e. The second kappa shape index (κ2) is 5.77. The van der Waals surface area contributed by atoms with Crippen LogP contribution in [-0.4, -0.2) is 37.3 Å². The fraction of sp³-hybridized carbons (Fsp3) is 0.636. The molecule has 0 unspecified atom stereocenters. The van der Waals surface area contributed by atoms with E-state index in [9.17, 15) is 13.2 Å². The molecule has 0 aromatic carbocycles. The molecule has 1 saturated heterocycles. The molecule has 0 saturated carbocycles. The first-order valence-corrected chi connectivity index (χ1v) is 6.97. The van der Waals surface area contributed by atoms with Gasteiger partial charge in [-0.25, -0.2) is 0 Å². The van der Waals surface area contributed by atoms with E-state index in [-0.39, 0.29) is 0 Å². The summed E-state index contributed by atoms with van der Waals surface area (Å²) in [4.78, 5) is 2.48. The normalized spacial score (nSPS) is 20.0. The van der Waals surface area contributed by atoms with Crippen molar-refractivity contribution in [2.45, 2.75) is 18.6 Å². The Morgan fingerprint density at radius 1 is 1.39 bits per heavy atom. The minimum Gasteiger partial charge on any atom is -0.314 e. The molecule has 1 N–H and O–H groups in total. The van der Waals surface area contributed by atoms with Gasteiger partial charge < -0.3 is 5.32 Å². The van der Waals surface area contributed by atoms with E-state index in [0.717, 1.165) is 13.1 Å². The molecule has 0 aliphatic carbocycles. The Balaban J connectivity index is 2.19. The lowest BCUT2D eigenvalue weighted by Gasteiger charge is -2.35. The van der Waals surface area contributed by atoms with Gasteiger partial charge in [-0.15, -0.1) is 11.3 Å². The van der Waals surface area contributed by atoms with Crippen molar-refractivity contribution in [1.29, 1.82) is 0 Å². The zero-order chi connectivity index (χ0) is 13.2. The largest absolute Gasteiger partial charge is 0.390 e. The van der Waals surface area contributed by atoms with E-state index in [1.807, 2.05) is 4.90 Å². The van der Waals surface area contributed by atoms with E-state index >= 15 is 0 Å². The van der Waals surface area contributed by atoms with Gasteiger partial charge in [0.2, 0.25) is 0 Å². The van der Waals surface area contributed by atoms with Gasteiger partial charge in [0, 0.05) is 31.1 Å². The van der Waals surface area contributed by atoms with Crippen LogP contribution in [0.3, 0.4) is 0 Å². The number of thiophene rings is 1. The molecule has 0 bridgehead atoms. The minimum atomic E-state index is -4.18. The van der Waals surface area contributed by atoms with Crippen molar-refractivity contribution < 1.29 is 13.2 Å². The van der Waals surface area contributed by atoms with Crippen LogP contribution in [0.5, 0.6) is 0 Å². The molecule has 1 atom stereocenters. The van der Waals surface area contributed by atoms with Crippen LogP contribution in [0.4, 0.5) is 13.2 Å². The van der Waals surface area contributed by atoms with Crippen LogP contribution in [0.2, 0.25) is 5.02 Å². The lowest BCUT2D eigenvalue weighted by Crippen LogP contribution is -2.45. The van der Waals surface area contributed by atoms with E-state index in [1.54, 1.807) is 11.4 Å². The van der Waals surface area contributed by atoms with E-state index in [4.69, 9.17) is 11.6 Å². The smallest absolute Gasteiger partial charge is 0.314 e. The van der Waals surface area contributed by atoms with Crippen LogP contribution >= 0.6 is 22.9 Å². The lowest BCUT2D eigenvalue weighted by atomic mass is 10.1. The van der Waals surface area contributed by atoms with Gasteiger partial charge in [-0.2, -0.15) is 13.2 Å². The number of halogens is 4. The number of alkyl halides is 3. The Kier molecular flexibility index (Phi) is 4.53. The number of nitrogens with one attached hydrogen (secondary N) is 1. The van der Waals surface area contributed by atoms with Crippen molar-refractivity contribution in [3.05, 3.63) is 21.3 Å². The summed E-state index contributed by atoms with van der Waals surface area (Å²) in [7, 11) is 0.